The minimum atomic E-state index is -1.84. The summed E-state index contributed by atoms with van der Waals surface area (Å²) in [7, 11) is -3.58. The van der Waals surface area contributed by atoms with Crippen LogP contribution in [0.15, 0.2) is 23.3 Å². The van der Waals surface area contributed by atoms with Crippen LogP contribution in [0.3, 0.4) is 0 Å². The Labute approximate surface area is 270 Å². The van der Waals surface area contributed by atoms with E-state index in [1.165, 1.54) is 82.3 Å². The zero-order valence-corrected chi connectivity index (χ0v) is 32.9. The van der Waals surface area contributed by atoms with E-state index in [-0.39, 0.29) is 10.6 Å². The topological polar surface area (TPSA) is 18.5 Å². The highest BCUT2D eigenvalue weighted by Crippen LogP contribution is 2.66. The molecule has 7 atom stereocenters. The number of hydrogen-bond donors (Lipinski definition) is 0. The minimum Gasteiger partial charge on any atom is -0.414 e. The van der Waals surface area contributed by atoms with Crippen molar-refractivity contribution in [3.63, 3.8) is 0 Å². The van der Waals surface area contributed by atoms with E-state index in [2.05, 4.69) is 94.5 Å². The van der Waals surface area contributed by atoms with E-state index >= 15 is 0 Å². The summed E-state index contributed by atoms with van der Waals surface area (Å²) in [6, 6.07) is 3.63. The van der Waals surface area contributed by atoms with E-state index in [4.69, 9.17) is 8.85 Å². The molecule has 3 fully saturated rings. The lowest BCUT2D eigenvalue weighted by Crippen LogP contribution is -2.51. The van der Waals surface area contributed by atoms with E-state index in [1.807, 2.05) is 5.57 Å². The molecule has 0 aliphatic heterocycles. The van der Waals surface area contributed by atoms with Crippen LogP contribution in [0.1, 0.15) is 140 Å². The Balaban J connectivity index is 1.44. The van der Waals surface area contributed by atoms with Crippen LogP contribution < -0.4 is 0 Å². The molecule has 4 heteroatoms. The fourth-order valence-electron chi connectivity index (χ4n) is 10.2. The maximum Gasteiger partial charge on any atom is 0.192 e. The first-order valence-corrected chi connectivity index (χ1v) is 24.2. The molecule has 248 valence electrons. The lowest BCUT2D eigenvalue weighted by Gasteiger charge is -2.55. The average Bonchev–Trinajstić information content (AvgIpc) is 3.31. The lowest BCUT2D eigenvalue weighted by molar-refractivity contribution is 0.00727. The summed E-state index contributed by atoms with van der Waals surface area (Å²) in [6.07, 6.45) is 20.3. The number of fused-ring (bicyclic) bond motifs is 5. The molecule has 43 heavy (non-hydrogen) atoms. The molecule has 0 amide bonds. The smallest absolute Gasteiger partial charge is 0.192 e. The monoisotopic (exact) mass is 629 g/mol. The SMILES string of the molecule is CC[Si](CC)(CC)OC(C)(CCC[C@@H](C)[C@H]1CC[C@H]2C3=CC=C4CCCC[C@]4(C)[C@H]3CC[C@]12C)CO[Si](C)(C)C(C)(C)C. The van der Waals surface area contributed by atoms with Crippen molar-refractivity contribution in [2.45, 2.75) is 182 Å². The molecule has 0 bridgehead atoms. The summed E-state index contributed by atoms with van der Waals surface area (Å²) in [5.41, 5.74) is 4.41. The van der Waals surface area contributed by atoms with Gasteiger partial charge in [0.25, 0.3) is 0 Å². The molecule has 0 spiro atoms. The van der Waals surface area contributed by atoms with Crippen molar-refractivity contribution in [2.24, 2.45) is 34.5 Å². The van der Waals surface area contributed by atoms with Gasteiger partial charge in [0.05, 0.1) is 12.2 Å². The van der Waals surface area contributed by atoms with Crippen LogP contribution in [-0.2, 0) is 8.85 Å². The van der Waals surface area contributed by atoms with Gasteiger partial charge in [0, 0.05) is 0 Å². The molecule has 3 saturated carbocycles. The summed E-state index contributed by atoms with van der Waals surface area (Å²) in [6.45, 7) is 30.1. The summed E-state index contributed by atoms with van der Waals surface area (Å²) >= 11 is 0. The van der Waals surface area contributed by atoms with Crippen LogP contribution in [0.5, 0.6) is 0 Å². The average molecular weight is 629 g/mol. The first kappa shape index (κ1) is 35.7. The van der Waals surface area contributed by atoms with Gasteiger partial charge in [-0.1, -0.05) is 105 Å². The van der Waals surface area contributed by atoms with Crippen molar-refractivity contribution in [2.75, 3.05) is 6.61 Å². The third kappa shape index (κ3) is 6.94. The molecule has 0 saturated heterocycles. The van der Waals surface area contributed by atoms with Crippen molar-refractivity contribution in [3.8, 4) is 0 Å². The zero-order chi connectivity index (χ0) is 31.9. The van der Waals surface area contributed by atoms with Crippen LogP contribution in [0.2, 0.25) is 36.3 Å². The van der Waals surface area contributed by atoms with Gasteiger partial charge >= 0.3 is 0 Å². The summed E-state index contributed by atoms with van der Waals surface area (Å²) < 4.78 is 14.2. The van der Waals surface area contributed by atoms with Gasteiger partial charge in [-0.3, -0.25) is 0 Å². The third-order valence-corrected chi connectivity index (χ3v) is 23.8. The Morgan fingerprint density at radius 3 is 2.21 bits per heavy atom. The number of allylic oxidation sites excluding steroid dienone is 4. The van der Waals surface area contributed by atoms with E-state index < -0.39 is 16.6 Å². The van der Waals surface area contributed by atoms with Gasteiger partial charge in [0.1, 0.15) is 0 Å². The highest BCUT2D eigenvalue weighted by molar-refractivity contribution is 6.74. The van der Waals surface area contributed by atoms with Crippen LogP contribution >= 0.6 is 0 Å². The molecule has 0 aromatic heterocycles. The highest BCUT2D eigenvalue weighted by Gasteiger charge is 2.56. The van der Waals surface area contributed by atoms with E-state index in [0.717, 1.165) is 36.7 Å². The second kappa shape index (κ2) is 13.1. The van der Waals surface area contributed by atoms with Crippen molar-refractivity contribution in [1.29, 1.82) is 0 Å². The highest BCUT2D eigenvalue weighted by atomic mass is 28.4. The maximum absolute atomic E-state index is 7.33. The lowest BCUT2D eigenvalue weighted by atomic mass is 9.50. The van der Waals surface area contributed by atoms with Crippen LogP contribution in [0, 0.1) is 34.5 Å². The number of hydrogen-bond acceptors (Lipinski definition) is 2. The Hall–Kier alpha value is -0.166. The zero-order valence-electron chi connectivity index (χ0n) is 30.9. The summed E-state index contributed by atoms with van der Waals surface area (Å²) in [5, 5.41) is 0.226. The normalized spacial score (nSPS) is 33.5. The van der Waals surface area contributed by atoms with Gasteiger partial charge in [-0.15, -0.1) is 0 Å². The van der Waals surface area contributed by atoms with Gasteiger partial charge in [-0.25, -0.2) is 0 Å². The summed E-state index contributed by atoms with van der Waals surface area (Å²) in [4.78, 5) is 0. The fraction of sp³-hybridized carbons (Fsp3) is 0.897. The van der Waals surface area contributed by atoms with Crippen LogP contribution in [-0.4, -0.2) is 28.8 Å². The Morgan fingerprint density at radius 1 is 0.907 bits per heavy atom. The van der Waals surface area contributed by atoms with E-state index in [9.17, 15) is 0 Å². The molecular weight excluding hydrogens is 557 g/mol. The second-order valence-electron chi connectivity index (χ2n) is 18.0. The predicted octanol–water partition coefficient (Wildman–Crippen LogP) is 12.5. The van der Waals surface area contributed by atoms with Gasteiger partial charge in [0.15, 0.2) is 16.6 Å². The largest absolute Gasteiger partial charge is 0.414 e. The van der Waals surface area contributed by atoms with Crippen molar-refractivity contribution >= 4 is 16.6 Å². The molecule has 1 unspecified atom stereocenters. The van der Waals surface area contributed by atoms with Gasteiger partial charge in [-0.2, -0.15) is 0 Å². The van der Waals surface area contributed by atoms with Gasteiger partial charge in [-0.05, 0) is 129 Å². The molecule has 4 aliphatic rings. The fourth-order valence-corrected chi connectivity index (χ4v) is 14.4. The van der Waals surface area contributed by atoms with Crippen LogP contribution in [0.25, 0.3) is 0 Å². The quantitative estimate of drug-likeness (QED) is 0.189. The molecule has 0 N–H and O–H groups in total. The Morgan fingerprint density at radius 2 is 1.58 bits per heavy atom. The molecular formula is C39H72O2Si2. The van der Waals surface area contributed by atoms with Gasteiger partial charge < -0.3 is 8.85 Å². The molecule has 2 nitrogen and oxygen atoms in total. The van der Waals surface area contributed by atoms with Crippen LogP contribution in [0.4, 0.5) is 0 Å². The maximum atomic E-state index is 7.33. The van der Waals surface area contributed by atoms with Crippen molar-refractivity contribution in [3.05, 3.63) is 23.3 Å². The minimum absolute atomic E-state index is 0.171. The molecule has 0 aromatic rings. The molecule has 4 aliphatic carbocycles. The summed E-state index contributed by atoms with van der Waals surface area (Å²) in [5.74, 6) is 3.27. The first-order valence-electron chi connectivity index (χ1n) is 18.7. The first-order chi connectivity index (χ1) is 20.0. The van der Waals surface area contributed by atoms with Crippen molar-refractivity contribution in [1.82, 2.24) is 0 Å². The van der Waals surface area contributed by atoms with Crippen molar-refractivity contribution < 1.29 is 8.85 Å². The third-order valence-electron chi connectivity index (χ3n) is 14.6. The van der Waals surface area contributed by atoms with Gasteiger partial charge in [0.2, 0.25) is 0 Å². The molecule has 0 radical (unpaired) electrons. The molecule has 0 heterocycles. The van der Waals surface area contributed by atoms with E-state index in [1.54, 1.807) is 5.57 Å². The second-order valence-corrected chi connectivity index (χ2v) is 27.5. The molecule has 4 rings (SSSR count). The number of rotatable bonds is 13. The Bertz CT molecular complexity index is 1010. The predicted molar refractivity (Wildman–Crippen MR) is 193 cm³/mol. The molecule has 0 aromatic carbocycles. The Kier molecular flexibility index (Phi) is 10.9. The standard InChI is InChI=1S/C39H72O2Si2/c1-13-43(14-2,15-3)41-37(8,29-40-42(11,12)36(5,6)7)26-18-19-30(4)33-23-24-34-32-22-21-31-20-16-17-27-38(31,9)35(32)25-28-39(33,34)10/h21-22,30,33-35H,13-20,23-29H2,1-12H3/t30-,33-,34+,35+,37?,38+,39-/m1/s1. The van der Waals surface area contributed by atoms with E-state index in [0.29, 0.717) is 10.8 Å².